The van der Waals surface area contributed by atoms with Crippen molar-refractivity contribution in [3.05, 3.63) is 94.0 Å². The molecule has 0 bridgehead atoms. The van der Waals surface area contributed by atoms with Gasteiger partial charge in [-0.2, -0.15) is 0 Å². The second-order valence-corrected chi connectivity index (χ2v) is 10.6. The lowest BCUT2D eigenvalue weighted by Crippen LogP contribution is -2.28. The number of nitrogens with one attached hydrogen (secondary N) is 5. The number of hydrogen-bond acceptors (Lipinski definition) is 8. The Balaban J connectivity index is 1.22. The first-order valence-electron chi connectivity index (χ1n) is 14.0. The summed E-state index contributed by atoms with van der Waals surface area (Å²) in [4.78, 5) is 62.2. The molecule has 17 heteroatoms. The summed E-state index contributed by atoms with van der Waals surface area (Å²) in [7, 11) is 4.89. The fourth-order valence-electron chi connectivity index (χ4n) is 4.88. The smallest absolute Gasteiger partial charge is 0.291 e. The highest BCUT2D eigenvalue weighted by Gasteiger charge is 2.22. The summed E-state index contributed by atoms with van der Waals surface area (Å²) in [6.07, 6.45) is 4.86. The number of carbonyl (C=O) groups excluding carboxylic acids is 4. The highest BCUT2D eigenvalue weighted by atomic mass is 16.6. The van der Waals surface area contributed by atoms with E-state index in [1.165, 1.54) is 57.8 Å². The molecular weight excluding hydrogens is 612 g/mol. The van der Waals surface area contributed by atoms with Crippen LogP contribution in [0, 0.1) is 15.5 Å². The number of furan rings is 1. The third-order valence-electron chi connectivity index (χ3n) is 7.13. The first kappa shape index (κ1) is 31.8. The number of nitrogens with two attached hydrogens (primary N) is 1. The first-order chi connectivity index (χ1) is 22.3. The van der Waals surface area contributed by atoms with Crippen molar-refractivity contribution in [3.63, 3.8) is 0 Å². The number of hydrogen-bond donors (Lipinski definition) is 6. The van der Waals surface area contributed by atoms with E-state index in [2.05, 4.69) is 21.3 Å². The van der Waals surface area contributed by atoms with Crippen molar-refractivity contribution >= 4 is 63.2 Å². The lowest BCUT2D eigenvalue weighted by molar-refractivity contribution is -0.383. The highest BCUT2D eigenvalue weighted by molar-refractivity contribution is 6.09. The molecule has 5 rings (SSSR count). The molecule has 47 heavy (non-hydrogen) atoms. The van der Waals surface area contributed by atoms with Gasteiger partial charge in [0.2, 0.25) is 0 Å². The van der Waals surface area contributed by atoms with Crippen molar-refractivity contribution in [1.82, 2.24) is 19.0 Å². The zero-order valence-corrected chi connectivity index (χ0v) is 25.4. The summed E-state index contributed by atoms with van der Waals surface area (Å²) in [6, 6.07) is 10.0. The SMILES string of the molecule is Cn1cc(NC(=O)c2cc(NC(=O)c3cc(NC(=O)c4cc5c([N+](=O)[O-])cccc5o4)cn3C)cn2C)cc1C(=O)NCCC(=N)N. The molecule has 7 N–H and O–H groups in total. The van der Waals surface area contributed by atoms with Crippen molar-refractivity contribution in [3.8, 4) is 0 Å². The third kappa shape index (κ3) is 6.88. The molecule has 0 saturated carbocycles. The zero-order valence-electron chi connectivity index (χ0n) is 25.4. The fraction of sp³-hybridized carbons (Fsp3) is 0.167. The Hall–Kier alpha value is -6.65. The lowest BCUT2D eigenvalue weighted by Gasteiger charge is -2.04. The number of amides is 4. The van der Waals surface area contributed by atoms with Gasteiger partial charge in [-0.3, -0.25) is 34.7 Å². The fourth-order valence-corrected chi connectivity index (χ4v) is 4.88. The number of aryl methyl sites for hydroxylation is 3. The van der Waals surface area contributed by atoms with Gasteiger partial charge in [-0.15, -0.1) is 0 Å². The van der Waals surface area contributed by atoms with E-state index in [9.17, 15) is 29.3 Å². The average molecular weight is 643 g/mol. The van der Waals surface area contributed by atoms with Gasteiger partial charge in [0.25, 0.3) is 29.3 Å². The van der Waals surface area contributed by atoms with Gasteiger partial charge >= 0.3 is 0 Å². The maximum absolute atomic E-state index is 13.1. The van der Waals surface area contributed by atoms with E-state index in [-0.39, 0.29) is 64.2 Å². The molecule has 242 valence electrons. The average Bonchev–Trinajstić information content (AvgIpc) is 3.77. The number of anilines is 3. The van der Waals surface area contributed by atoms with Gasteiger partial charge in [0.1, 0.15) is 22.7 Å². The number of non-ortho nitro benzene ring substituents is 1. The summed E-state index contributed by atoms with van der Waals surface area (Å²) in [5.74, 6) is -2.24. The summed E-state index contributed by atoms with van der Waals surface area (Å²) < 4.78 is 10.1. The summed E-state index contributed by atoms with van der Waals surface area (Å²) in [5.41, 5.74) is 7.00. The minimum absolute atomic E-state index is 0.0433. The van der Waals surface area contributed by atoms with E-state index < -0.39 is 22.6 Å². The van der Waals surface area contributed by atoms with Gasteiger partial charge < -0.3 is 45.1 Å². The van der Waals surface area contributed by atoms with E-state index in [4.69, 9.17) is 15.6 Å². The number of benzene rings is 1. The van der Waals surface area contributed by atoms with Crippen LogP contribution in [-0.2, 0) is 21.1 Å². The molecule has 0 aliphatic rings. The van der Waals surface area contributed by atoms with Crippen LogP contribution in [-0.4, -0.2) is 54.6 Å². The molecule has 0 radical (unpaired) electrons. The third-order valence-corrected chi connectivity index (χ3v) is 7.13. The van der Waals surface area contributed by atoms with Gasteiger partial charge in [0.15, 0.2) is 5.76 Å². The van der Waals surface area contributed by atoms with E-state index >= 15 is 0 Å². The molecule has 5 aromatic rings. The van der Waals surface area contributed by atoms with Crippen LogP contribution in [0.3, 0.4) is 0 Å². The number of nitro groups is 1. The van der Waals surface area contributed by atoms with Crippen LogP contribution in [0.1, 0.15) is 48.4 Å². The minimum Gasteiger partial charge on any atom is -0.451 e. The van der Waals surface area contributed by atoms with E-state index in [0.717, 1.165) is 0 Å². The molecular formula is C30H30N10O7. The van der Waals surface area contributed by atoms with Crippen molar-refractivity contribution in [2.75, 3.05) is 22.5 Å². The molecule has 0 fully saturated rings. The van der Waals surface area contributed by atoms with Gasteiger partial charge in [0.05, 0.1) is 33.2 Å². The lowest BCUT2D eigenvalue weighted by atomic mass is 10.2. The topological polar surface area (TPSA) is 237 Å². The van der Waals surface area contributed by atoms with Crippen molar-refractivity contribution in [2.45, 2.75) is 6.42 Å². The monoisotopic (exact) mass is 642 g/mol. The van der Waals surface area contributed by atoms with Crippen LogP contribution in [0.5, 0.6) is 0 Å². The molecule has 0 atom stereocenters. The quantitative estimate of drug-likeness (QED) is 0.0540. The number of aromatic nitrogens is 3. The first-order valence-corrected chi connectivity index (χ1v) is 14.0. The van der Waals surface area contributed by atoms with Crippen molar-refractivity contribution in [1.29, 1.82) is 5.41 Å². The van der Waals surface area contributed by atoms with Crippen LogP contribution >= 0.6 is 0 Å². The molecule has 4 aromatic heterocycles. The van der Waals surface area contributed by atoms with Gasteiger partial charge in [-0.25, -0.2) is 0 Å². The van der Waals surface area contributed by atoms with E-state index in [1.807, 2.05) is 0 Å². The maximum Gasteiger partial charge on any atom is 0.291 e. The Labute approximate surface area is 266 Å². The molecule has 0 aliphatic heterocycles. The molecule has 17 nitrogen and oxygen atoms in total. The molecule has 4 amide bonds. The number of rotatable bonds is 11. The van der Waals surface area contributed by atoms with Crippen LogP contribution in [0.4, 0.5) is 22.7 Å². The summed E-state index contributed by atoms with van der Waals surface area (Å²) in [6.45, 7) is 0.203. The predicted octanol–water partition coefficient (Wildman–Crippen LogP) is 3.17. The van der Waals surface area contributed by atoms with Crippen LogP contribution < -0.4 is 27.0 Å². The number of fused-ring (bicyclic) bond motifs is 1. The van der Waals surface area contributed by atoms with Gasteiger partial charge in [0, 0.05) is 64.8 Å². The molecule has 1 aromatic carbocycles. The van der Waals surface area contributed by atoms with E-state index in [0.29, 0.717) is 17.1 Å². The molecule has 0 spiro atoms. The Kier molecular flexibility index (Phi) is 8.62. The van der Waals surface area contributed by atoms with Crippen LogP contribution in [0.15, 0.2) is 65.5 Å². The zero-order chi connectivity index (χ0) is 34.0. The normalized spacial score (nSPS) is 10.9. The Bertz CT molecular complexity index is 2080. The molecule has 0 aliphatic carbocycles. The highest BCUT2D eigenvalue weighted by Crippen LogP contribution is 2.29. The van der Waals surface area contributed by atoms with E-state index in [1.54, 1.807) is 38.1 Å². The van der Waals surface area contributed by atoms with Gasteiger partial charge in [-0.05, 0) is 24.3 Å². The molecule has 0 saturated heterocycles. The Morgan fingerprint density at radius 2 is 1.30 bits per heavy atom. The summed E-state index contributed by atoms with van der Waals surface area (Å²) in [5, 5.41) is 29.5. The van der Waals surface area contributed by atoms with Crippen LogP contribution in [0.25, 0.3) is 11.0 Å². The Morgan fingerprint density at radius 3 is 1.79 bits per heavy atom. The van der Waals surface area contributed by atoms with Gasteiger partial charge in [-0.1, -0.05) is 6.07 Å². The Morgan fingerprint density at radius 1 is 0.809 bits per heavy atom. The second kappa shape index (κ2) is 12.8. The number of amidine groups is 1. The van der Waals surface area contributed by atoms with Crippen LogP contribution in [0.2, 0.25) is 0 Å². The molecule has 4 heterocycles. The van der Waals surface area contributed by atoms with Crippen molar-refractivity contribution < 1.29 is 28.5 Å². The predicted molar refractivity (Wildman–Crippen MR) is 172 cm³/mol. The van der Waals surface area contributed by atoms with Crippen molar-refractivity contribution in [2.24, 2.45) is 26.9 Å². The number of nitro benzene ring substituents is 1. The maximum atomic E-state index is 13.1. The largest absolute Gasteiger partial charge is 0.451 e. The minimum atomic E-state index is -0.661. The second-order valence-electron chi connectivity index (χ2n) is 10.6. The standard InChI is InChI=1S/C30H30N10O7/c1-37-13-16(9-21(37)27(41)33-8-7-26(31)32)34-28(42)22-10-17(14-38(22)2)35-29(43)23-11-18(15-39(23)3)36-30(44)25-12-19-20(40(45)46)5-4-6-24(19)47-25/h4-6,9-15H,7-8H2,1-3H3,(H3,31,32)(H,33,41)(H,34,42)(H,35,43)(H,36,44). The molecule has 0 unspecified atom stereocenters. The summed E-state index contributed by atoms with van der Waals surface area (Å²) >= 11 is 0. The number of carbonyl (C=O) groups is 4. The number of nitrogens with zero attached hydrogens (tertiary/aromatic N) is 4.